The van der Waals surface area contributed by atoms with Crippen LogP contribution in [0.5, 0.6) is 11.5 Å². The molecule has 3 heterocycles. The van der Waals surface area contributed by atoms with E-state index in [0.29, 0.717) is 5.39 Å². The largest absolute Gasteiger partial charge is 0.504 e. The first-order valence-corrected chi connectivity index (χ1v) is 8.05. The van der Waals surface area contributed by atoms with Crippen molar-refractivity contribution in [3.05, 3.63) is 34.9 Å². The van der Waals surface area contributed by atoms with E-state index < -0.39 is 48.7 Å². The highest BCUT2D eigenvalue weighted by Gasteiger charge is 2.45. The maximum absolute atomic E-state index is 11.5. The van der Waals surface area contributed by atoms with E-state index in [1.165, 1.54) is 18.4 Å². The minimum absolute atomic E-state index is 0.0197. The number of ether oxygens (including phenoxy) is 2. The van der Waals surface area contributed by atoms with E-state index in [2.05, 4.69) is 0 Å². The lowest BCUT2D eigenvalue weighted by molar-refractivity contribution is -0.277. The fraction of sp³-hybridized carbons (Fsp3) is 0.353. The van der Waals surface area contributed by atoms with Crippen LogP contribution in [-0.4, -0.2) is 62.8 Å². The number of fused-ring (bicyclic) bond motifs is 3. The van der Waals surface area contributed by atoms with Gasteiger partial charge in [0, 0.05) is 6.07 Å². The molecule has 4 rings (SSSR count). The molecule has 5 N–H and O–H groups in total. The molecule has 2 aromatic heterocycles. The van der Waals surface area contributed by atoms with E-state index in [-0.39, 0.29) is 22.3 Å². The van der Waals surface area contributed by atoms with Crippen LogP contribution >= 0.6 is 0 Å². The Bertz CT molecular complexity index is 1040. The highest BCUT2D eigenvalue weighted by atomic mass is 16.7. The molecule has 1 fully saturated rings. The molecule has 27 heavy (non-hydrogen) atoms. The van der Waals surface area contributed by atoms with Crippen molar-refractivity contribution in [2.75, 3.05) is 6.61 Å². The highest BCUT2D eigenvalue weighted by molar-refractivity contribution is 6.08. The normalized spacial score (nSPS) is 28.7. The zero-order chi connectivity index (χ0) is 19.3. The number of hydrogen-bond acceptors (Lipinski definition) is 10. The summed E-state index contributed by atoms with van der Waals surface area (Å²) in [4.78, 5) is 11.5. The van der Waals surface area contributed by atoms with Gasteiger partial charge in [-0.25, -0.2) is 4.79 Å². The van der Waals surface area contributed by atoms with Crippen molar-refractivity contribution in [1.29, 1.82) is 0 Å². The van der Waals surface area contributed by atoms with Crippen molar-refractivity contribution in [3.8, 4) is 11.5 Å². The number of rotatable bonds is 3. The standard InChI is InChI=1S/C17H16O10/c18-5-8-11(21)12(22)13(23)17(25-8)27-16-10(20)6-1-2-9(19)26-14(6)7-3-4-24-15(7)16/h1-4,8,11-13,17-18,20-23H,5H2/t8-,11-,12+,13-,17+/m1/s1. The molecule has 1 saturated heterocycles. The van der Waals surface area contributed by atoms with Crippen LogP contribution < -0.4 is 10.4 Å². The molecule has 0 spiro atoms. The molecule has 144 valence electrons. The molecule has 3 aromatic rings. The molecule has 1 aliphatic heterocycles. The van der Waals surface area contributed by atoms with Crippen LogP contribution in [0.25, 0.3) is 21.9 Å². The van der Waals surface area contributed by atoms with Gasteiger partial charge in [-0.15, -0.1) is 0 Å². The van der Waals surface area contributed by atoms with Gasteiger partial charge in [0.2, 0.25) is 12.0 Å². The zero-order valence-electron chi connectivity index (χ0n) is 13.7. The van der Waals surface area contributed by atoms with Gasteiger partial charge in [-0.05, 0) is 12.1 Å². The summed E-state index contributed by atoms with van der Waals surface area (Å²) in [6, 6.07) is 3.95. The Kier molecular flexibility index (Phi) is 4.29. The lowest BCUT2D eigenvalue weighted by atomic mass is 9.99. The van der Waals surface area contributed by atoms with Crippen molar-refractivity contribution >= 4 is 21.9 Å². The molecule has 1 aromatic carbocycles. The van der Waals surface area contributed by atoms with Crippen LogP contribution in [0, 0.1) is 0 Å². The van der Waals surface area contributed by atoms with Gasteiger partial charge in [0.05, 0.1) is 23.6 Å². The summed E-state index contributed by atoms with van der Waals surface area (Å²) in [7, 11) is 0. The van der Waals surface area contributed by atoms with Gasteiger partial charge in [0.15, 0.2) is 16.9 Å². The molecule has 1 aliphatic rings. The Hall–Kier alpha value is -2.63. The Labute approximate surface area is 150 Å². The van der Waals surface area contributed by atoms with Gasteiger partial charge in [-0.2, -0.15) is 0 Å². The zero-order valence-corrected chi connectivity index (χ0v) is 13.7. The van der Waals surface area contributed by atoms with Crippen molar-refractivity contribution < 1.29 is 43.8 Å². The number of aliphatic hydroxyl groups excluding tert-OH is 4. The third-order valence-electron chi connectivity index (χ3n) is 4.50. The summed E-state index contributed by atoms with van der Waals surface area (Å²) >= 11 is 0. The van der Waals surface area contributed by atoms with Crippen molar-refractivity contribution in [2.24, 2.45) is 0 Å². The van der Waals surface area contributed by atoms with Crippen LogP contribution in [0.4, 0.5) is 0 Å². The summed E-state index contributed by atoms with van der Waals surface area (Å²) in [6.07, 6.45) is -6.27. The maximum atomic E-state index is 11.5. The molecule has 10 heteroatoms. The van der Waals surface area contributed by atoms with Gasteiger partial charge >= 0.3 is 5.63 Å². The van der Waals surface area contributed by atoms with Crippen LogP contribution in [0.2, 0.25) is 0 Å². The summed E-state index contributed by atoms with van der Waals surface area (Å²) in [5.74, 6) is -0.658. The van der Waals surface area contributed by atoms with E-state index >= 15 is 0 Å². The predicted octanol–water partition coefficient (Wildman–Crippen LogP) is -0.577. The number of aliphatic hydroxyl groups is 4. The molecule has 0 bridgehead atoms. The monoisotopic (exact) mass is 380 g/mol. The topological polar surface area (TPSA) is 163 Å². The van der Waals surface area contributed by atoms with Crippen molar-refractivity contribution in [3.63, 3.8) is 0 Å². The summed E-state index contributed by atoms with van der Waals surface area (Å²) in [5, 5.41) is 50.2. The number of aromatic hydroxyl groups is 1. The smallest absolute Gasteiger partial charge is 0.336 e. The average Bonchev–Trinajstić information content (AvgIpc) is 3.14. The lowest BCUT2D eigenvalue weighted by Crippen LogP contribution is -2.60. The third kappa shape index (κ3) is 2.74. The van der Waals surface area contributed by atoms with E-state index in [0.717, 1.165) is 6.07 Å². The molecule has 0 radical (unpaired) electrons. The molecular weight excluding hydrogens is 364 g/mol. The SMILES string of the molecule is O=c1ccc2c(O)c(O[C@@H]3O[C@H](CO)[C@@H](O)[C@H](O)[C@H]3O)c3occc3c2o1. The van der Waals surface area contributed by atoms with Crippen molar-refractivity contribution in [2.45, 2.75) is 30.7 Å². The van der Waals surface area contributed by atoms with Gasteiger partial charge < -0.3 is 43.8 Å². The molecule has 5 atom stereocenters. The van der Waals surface area contributed by atoms with Gasteiger partial charge in [0.1, 0.15) is 24.4 Å². The fourth-order valence-electron chi connectivity index (χ4n) is 3.09. The van der Waals surface area contributed by atoms with E-state index in [9.17, 15) is 30.3 Å². The first-order valence-electron chi connectivity index (χ1n) is 8.05. The Balaban J connectivity index is 1.81. The van der Waals surface area contributed by atoms with Crippen LogP contribution in [0.1, 0.15) is 0 Å². The average molecular weight is 380 g/mol. The first kappa shape index (κ1) is 17.8. The second-order valence-corrected chi connectivity index (χ2v) is 6.15. The first-order chi connectivity index (χ1) is 12.9. The summed E-state index contributed by atoms with van der Waals surface area (Å²) < 4.78 is 21.3. The number of phenols is 1. The summed E-state index contributed by atoms with van der Waals surface area (Å²) in [5.41, 5.74) is -0.511. The van der Waals surface area contributed by atoms with Gasteiger partial charge in [0.25, 0.3) is 0 Å². The van der Waals surface area contributed by atoms with Crippen LogP contribution in [0.3, 0.4) is 0 Å². The lowest BCUT2D eigenvalue weighted by Gasteiger charge is -2.39. The Morgan fingerprint density at radius 3 is 2.52 bits per heavy atom. The second kappa shape index (κ2) is 6.51. The number of phenolic OH excluding ortho intramolecular Hbond substituents is 1. The van der Waals surface area contributed by atoms with Gasteiger partial charge in [-0.3, -0.25) is 0 Å². The highest BCUT2D eigenvalue weighted by Crippen LogP contribution is 2.44. The van der Waals surface area contributed by atoms with E-state index in [4.69, 9.17) is 18.3 Å². The minimum Gasteiger partial charge on any atom is -0.504 e. The second-order valence-electron chi connectivity index (χ2n) is 6.15. The number of hydrogen-bond donors (Lipinski definition) is 5. The number of furan rings is 1. The Morgan fingerprint density at radius 1 is 1.00 bits per heavy atom. The predicted molar refractivity (Wildman–Crippen MR) is 88.3 cm³/mol. The van der Waals surface area contributed by atoms with Crippen LogP contribution in [0.15, 0.2) is 38.1 Å². The van der Waals surface area contributed by atoms with Crippen LogP contribution in [-0.2, 0) is 4.74 Å². The Morgan fingerprint density at radius 2 is 1.78 bits per heavy atom. The molecule has 10 nitrogen and oxygen atoms in total. The van der Waals surface area contributed by atoms with Gasteiger partial charge in [-0.1, -0.05) is 0 Å². The van der Waals surface area contributed by atoms with Crippen molar-refractivity contribution in [1.82, 2.24) is 0 Å². The maximum Gasteiger partial charge on any atom is 0.336 e. The van der Waals surface area contributed by atoms with E-state index in [1.54, 1.807) is 0 Å². The summed E-state index contributed by atoms with van der Waals surface area (Å²) in [6.45, 7) is -0.629. The fourth-order valence-corrected chi connectivity index (χ4v) is 3.09. The molecule has 0 aliphatic carbocycles. The molecular formula is C17H16O10. The quantitative estimate of drug-likeness (QED) is 0.372. The minimum atomic E-state index is -1.67. The molecule has 0 unspecified atom stereocenters. The molecule has 0 amide bonds. The third-order valence-corrected chi connectivity index (χ3v) is 4.50. The molecule has 0 saturated carbocycles. The number of benzene rings is 1. The van der Waals surface area contributed by atoms with E-state index in [1.807, 2.05) is 0 Å².